The average Bonchev–Trinajstić information content (AvgIpc) is 2.23. The van der Waals surface area contributed by atoms with Crippen LogP contribution in [0.2, 0.25) is 0 Å². The lowest BCUT2D eigenvalue weighted by atomic mass is 10.0. The lowest BCUT2D eigenvalue weighted by Crippen LogP contribution is -2.38. The van der Waals surface area contributed by atoms with Crippen LogP contribution in [0, 0.1) is 5.92 Å². The van der Waals surface area contributed by atoms with Gasteiger partial charge in [0.2, 0.25) is 0 Å². The Bertz CT molecular complexity index is 130. The Hall–Kier alpha value is -0.0800. The zero-order valence-electron chi connectivity index (χ0n) is 11.3. The lowest BCUT2D eigenvalue weighted by Gasteiger charge is -2.26. The lowest BCUT2D eigenvalue weighted by molar-refractivity contribution is 0.262. The van der Waals surface area contributed by atoms with Gasteiger partial charge in [0.25, 0.3) is 0 Å². The summed E-state index contributed by atoms with van der Waals surface area (Å²) in [6.07, 6.45) is 2.51. The maximum atomic E-state index is 3.65. The Morgan fingerprint density at radius 3 is 2.07 bits per heavy atom. The molecule has 92 valence electrons. The van der Waals surface area contributed by atoms with Crippen molar-refractivity contribution in [2.75, 3.05) is 26.2 Å². The second kappa shape index (κ2) is 9.17. The fraction of sp³-hybridized carbons (Fsp3) is 1.00. The van der Waals surface area contributed by atoms with Crippen molar-refractivity contribution >= 4 is 0 Å². The molecule has 0 saturated heterocycles. The van der Waals surface area contributed by atoms with Crippen LogP contribution < -0.4 is 5.32 Å². The summed E-state index contributed by atoms with van der Waals surface area (Å²) in [7, 11) is 0. The van der Waals surface area contributed by atoms with Gasteiger partial charge in [0, 0.05) is 6.04 Å². The minimum atomic E-state index is 0.686. The van der Waals surface area contributed by atoms with Gasteiger partial charge in [-0.1, -0.05) is 34.6 Å². The summed E-state index contributed by atoms with van der Waals surface area (Å²) >= 11 is 0. The molecular weight excluding hydrogens is 184 g/mol. The summed E-state index contributed by atoms with van der Waals surface area (Å²) in [5.41, 5.74) is 0. The van der Waals surface area contributed by atoms with Crippen LogP contribution in [0.3, 0.4) is 0 Å². The van der Waals surface area contributed by atoms with E-state index >= 15 is 0 Å². The third-order valence-electron chi connectivity index (χ3n) is 3.11. The molecule has 0 bridgehead atoms. The van der Waals surface area contributed by atoms with Gasteiger partial charge in [0.15, 0.2) is 0 Å². The molecule has 0 aliphatic carbocycles. The number of nitrogens with zero attached hydrogens (tertiary/aromatic N) is 1. The molecule has 0 rings (SSSR count). The molecule has 0 aromatic carbocycles. The largest absolute Gasteiger partial charge is 0.314 e. The fourth-order valence-corrected chi connectivity index (χ4v) is 1.86. The Kier molecular flexibility index (Phi) is 9.12. The number of hydrogen-bond donors (Lipinski definition) is 1. The smallest absolute Gasteiger partial charge is 0.0102 e. The Morgan fingerprint density at radius 1 is 1.07 bits per heavy atom. The zero-order valence-corrected chi connectivity index (χ0v) is 11.3. The summed E-state index contributed by atoms with van der Waals surface area (Å²) in [4.78, 5) is 2.50. The van der Waals surface area contributed by atoms with Gasteiger partial charge in [-0.3, -0.25) is 0 Å². The number of nitrogens with one attached hydrogen (secondary N) is 1. The van der Waals surface area contributed by atoms with Gasteiger partial charge in [0.1, 0.15) is 0 Å². The molecule has 2 heteroatoms. The minimum absolute atomic E-state index is 0.686. The van der Waals surface area contributed by atoms with Crippen molar-refractivity contribution in [2.24, 2.45) is 5.92 Å². The predicted octanol–water partition coefficient (Wildman–Crippen LogP) is 2.74. The van der Waals surface area contributed by atoms with E-state index in [0.29, 0.717) is 6.04 Å². The molecule has 0 fully saturated rings. The molecule has 0 radical (unpaired) electrons. The fourth-order valence-electron chi connectivity index (χ4n) is 1.86. The highest BCUT2D eigenvalue weighted by atomic mass is 15.1. The molecule has 0 saturated carbocycles. The highest BCUT2D eigenvalue weighted by Gasteiger charge is 2.12. The first-order valence-electron chi connectivity index (χ1n) is 6.61. The Balaban J connectivity index is 3.83. The van der Waals surface area contributed by atoms with Crippen molar-refractivity contribution < 1.29 is 0 Å². The predicted molar refractivity (Wildman–Crippen MR) is 69.3 cm³/mol. The molecule has 1 atom stereocenters. The normalized spacial score (nSPS) is 13.8. The van der Waals surface area contributed by atoms with Gasteiger partial charge in [-0.05, 0) is 44.9 Å². The van der Waals surface area contributed by atoms with Crippen LogP contribution in [0.1, 0.15) is 47.5 Å². The molecule has 0 aromatic rings. The zero-order chi connectivity index (χ0) is 11.7. The monoisotopic (exact) mass is 214 g/mol. The third-order valence-corrected chi connectivity index (χ3v) is 3.11. The minimum Gasteiger partial charge on any atom is -0.314 e. The van der Waals surface area contributed by atoms with E-state index in [1.807, 2.05) is 0 Å². The Labute approximate surface area is 96.4 Å². The van der Waals surface area contributed by atoms with Gasteiger partial charge in [-0.25, -0.2) is 0 Å². The molecule has 1 unspecified atom stereocenters. The van der Waals surface area contributed by atoms with Crippen molar-refractivity contribution in [3.8, 4) is 0 Å². The second-order valence-corrected chi connectivity index (χ2v) is 4.62. The first-order valence-corrected chi connectivity index (χ1v) is 6.61. The average molecular weight is 214 g/mol. The molecule has 0 spiro atoms. The van der Waals surface area contributed by atoms with Crippen LogP contribution in [0.5, 0.6) is 0 Å². The van der Waals surface area contributed by atoms with Crippen LogP contribution in [-0.2, 0) is 0 Å². The second-order valence-electron chi connectivity index (χ2n) is 4.62. The summed E-state index contributed by atoms with van der Waals surface area (Å²) in [5.74, 6) is 0.743. The van der Waals surface area contributed by atoms with Crippen molar-refractivity contribution in [2.45, 2.75) is 53.5 Å². The van der Waals surface area contributed by atoms with E-state index in [1.54, 1.807) is 0 Å². The van der Waals surface area contributed by atoms with Crippen LogP contribution in [0.15, 0.2) is 0 Å². The molecule has 0 aromatic heterocycles. The van der Waals surface area contributed by atoms with Gasteiger partial charge < -0.3 is 10.2 Å². The molecule has 0 amide bonds. The highest BCUT2D eigenvalue weighted by molar-refractivity contribution is 4.72. The van der Waals surface area contributed by atoms with Gasteiger partial charge in [-0.2, -0.15) is 0 Å². The van der Waals surface area contributed by atoms with E-state index in [9.17, 15) is 0 Å². The summed E-state index contributed by atoms with van der Waals surface area (Å²) in [5, 5.41) is 3.65. The standard InChI is InChI=1S/C13H30N2/c1-6-10-14-13(12(4)5)9-11-15(7-2)8-3/h12-14H,6-11H2,1-5H3. The van der Waals surface area contributed by atoms with Crippen molar-refractivity contribution in [1.29, 1.82) is 0 Å². The molecule has 1 N–H and O–H groups in total. The van der Waals surface area contributed by atoms with Crippen molar-refractivity contribution in [1.82, 2.24) is 10.2 Å². The van der Waals surface area contributed by atoms with Crippen molar-refractivity contribution in [3.05, 3.63) is 0 Å². The molecule has 15 heavy (non-hydrogen) atoms. The summed E-state index contributed by atoms with van der Waals surface area (Å²) < 4.78 is 0. The summed E-state index contributed by atoms with van der Waals surface area (Å²) in [6, 6.07) is 0.686. The van der Waals surface area contributed by atoms with E-state index in [4.69, 9.17) is 0 Å². The van der Waals surface area contributed by atoms with Gasteiger partial charge in [0.05, 0.1) is 0 Å². The first-order chi connectivity index (χ1) is 7.15. The number of hydrogen-bond acceptors (Lipinski definition) is 2. The molecular formula is C13H30N2. The van der Waals surface area contributed by atoms with Gasteiger partial charge in [-0.15, -0.1) is 0 Å². The molecule has 0 heterocycles. The maximum Gasteiger partial charge on any atom is 0.0102 e. The third kappa shape index (κ3) is 6.91. The molecule has 0 aliphatic heterocycles. The molecule has 2 nitrogen and oxygen atoms in total. The van der Waals surface area contributed by atoms with Gasteiger partial charge >= 0.3 is 0 Å². The molecule has 0 aliphatic rings. The van der Waals surface area contributed by atoms with Crippen LogP contribution >= 0.6 is 0 Å². The quantitative estimate of drug-likeness (QED) is 0.635. The summed E-state index contributed by atoms with van der Waals surface area (Å²) in [6.45, 7) is 16.1. The maximum absolute atomic E-state index is 3.65. The topological polar surface area (TPSA) is 15.3 Å². The number of rotatable bonds is 9. The highest BCUT2D eigenvalue weighted by Crippen LogP contribution is 2.07. The Morgan fingerprint density at radius 2 is 1.67 bits per heavy atom. The van der Waals surface area contributed by atoms with Crippen LogP contribution in [0.4, 0.5) is 0 Å². The SMILES string of the molecule is CCCNC(CCN(CC)CC)C(C)C. The first kappa shape index (κ1) is 14.9. The van der Waals surface area contributed by atoms with E-state index < -0.39 is 0 Å². The van der Waals surface area contributed by atoms with E-state index in [0.717, 1.165) is 12.5 Å². The van der Waals surface area contributed by atoms with Crippen LogP contribution in [-0.4, -0.2) is 37.1 Å². The van der Waals surface area contributed by atoms with Crippen molar-refractivity contribution in [3.63, 3.8) is 0 Å². The van der Waals surface area contributed by atoms with E-state index in [1.165, 1.54) is 32.5 Å². The van der Waals surface area contributed by atoms with E-state index in [-0.39, 0.29) is 0 Å². The van der Waals surface area contributed by atoms with E-state index in [2.05, 4.69) is 44.8 Å². The van der Waals surface area contributed by atoms with Crippen LogP contribution in [0.25, 0.3) is 0 Å².